The van der Waals surface area contributed by atoms with Gasteiger partial charge in [-0.25, -0.2) is 4.98 Å². The Morgan fingerprint density at radius 1 is 1.31 bits per heavy atom. The Hall–Kier alpha value is -1.55. The highest BCUT2D eigenvalue weighted by Crippen LogP contribution is 2.37. The Morgan fingerprint density at radius 2 is 2.06 bits per heavy atom. The van der Waals surface area contributed by atoms with Gasteiger partial charge in [-0.15, -0.1) is 11.3 Å². The van der Waals surface area contributed by atoms with Crippen LogP contribution in [0.2, 0.25) is 0 Å². The highest BCUT2D eigenvalue weighted by Gasteiger charge is 2.14. The third-order valence-corrected chi connectivity index (χ3v) is 3.15. The maximum absolute atomic E-state index is 5.90. The zero-order valence-corrected chi connectivity index (χ0v) is 10.4. The predicted molar refractivity (Wildman–Crippen MR) is 68.0 cm³/mol. The molecule has 0 saturated heterocycles. The Labute approximate surface area is 98.9 Å². The number of benzene rings is 1. The molecule has 16 heavy (non-hydrogen) atoms. The molecule has 0 radical (unpaired) electrons. The molecule has 4 heteroatoms. The fourth-order valence-corrected chi connectivity index (χ4v) is 2.37. The number of nitrogens with zero attached hydrogens (tertiary/aromatic N) is 1. The molecule has 0 atom stereocenters. The van der Waals surface area contributed by atoms with Gasteiger partial charge in [0.05, 0.1) is 12.6 Å². The minimum Gasteiger partial charge on any atom is -0.496 e. The molecule has 0 spiro atoms. The summed E-state index contributed by atoms with van der Waals surface area (Å²) in [7, 11) is 1.67. The summed E-state index contributed by atoms with van der Waals surface area (Å²) in [6.45, 7) is 4.09. The van der Waals surface area contributed by atoms with Crippen LogP contribution in [0.1, 0.15) is 11.1 Å². The molecular formula is C12H14N2OS. The van der Waals surface area contributed by atoms with Gasteiger partial charge >= 0.3 is 0 Å². The zero-order chi connectivity index (χ0) is 11.7. The lowest BCUT2D eigenvalue weighted by atomic mass is 10.0. The van der Waals surface area contributed by atoms with E-state index in [2.05, 4.69) is 11.1 Å². The zero-order valence-electron chi connectivity index (χ0n) is 9.57. The molecule has 0 unspecified atom stereocenters. The molecule has 1 aromatic heterocycles. The number of hydrogen-bond acceptors (Lipinski definition) is 4. The first-order valence-corrected chi connectivity index (χ1v) is 5.86. The summed E-state index contributed by atoms with van der Waals surface area (Å²) in [5.41, 5.74) is 11.8. The van der Waals surface area contributed by atoms with Gasteiger partial charge in [0.2, 0.25) is 0 Å². The quantitative estimate of drug-likeness (QED) is 0.869. The van der Waals surface area contributed by atoms with Gasteiger partial charge < -0.3 is 10.5 Å². The van der Waals surface area contributed by atoms with Crippen molar-refractivity contribution in [1.82, 2.24) is 4.98 Å². The van der Waals surface area contributed by atoms with E-state index in [1.165, 1.54) is 16.9 Å². The number of hydrogen-bond donors (Lipinski definition) is 1. The van der Waals surface area contributed by atoms with E-state index in [9.17, 15) is 0 Å². The summed E-state index contributed by atoms with van der Waals surface area (Å²) < 4.78 is 5.39. The van der Waals surface area contributed by atoms with Crippen LogP contribution in [0.5, 0.6) is 5.75 Å². The lowest BCUT2D eigenvalue weighted by Gasteiger charge is -2.11. The van der Waals surface area contributed by atoms with Gasteiger partial charge in [-0.3, -0.25) is 0 Å². The summed E-state index contributed by atoms with van der Waals surface area (Å²) in [4.78, 5) is 4.30. The number of aryl methyl sites for hydroxylation is 2. The Bertz CT molecular complexity index is 520. The number of thiazole rings is 1. The van der Waals surface area contributed by atoms with Gasteiger partial charge in [0.25, 0.3) is 0 Å². The molecule has 3 nitrogen and oxygen atoms in total. The van der Waals surface area contributed by atoms with E-state index in [0.717, 1.165) is 27.6 Å². The van der Waals surface area contributed by atoms with E-state index < -0.39 is 0 Å². The molecule has 0 aliphatic rings. The number of anilines is 1. The SMILES string of the molecule is COc1cc(C)cc(C)c1-c1ncsc1N. The second-order valence-corrected chi connectivity index (χ2v) is 4.61. The molecule has 0 aliphatic carbocycles. The lowest BCUT2D eigenvalue weighted by Crippen LogP contribution is -1.95. The number of nitrogens with two attached hydrogens (primary N) is 1. The number of nitrogen functional groups attached to an aromatic ring is 1. The first-order valence-electron chi connectivity index (χ1n) is 4.98. The standard InChI is InChI=1S/C12H14N2OS/c1-7-4-8(2)10(9(5-7)15-3)11-12(13)16-6-14-11/h4-6H,13H2,1-3H3. The normalized spacial score (nSPS) is 10.4. The summed E-state index contributed by atoms with van der Waals surface area (Å²) in [6, 6.07) is 4.11. The van der Waals surface area contributed by atoms with E-state index >= 15 is 0 Å². The first-order chi connectivity index (χ1) is 7.63. The van der Waals surface area contributed by atoms with Crippen molar-refractivity contribution in [2.45, 2.75) is 13.8 Å². The van der Waals surface area contributed by atoms with Crippen molar-refractivity contribution < 1.29 is 4.74 Å². The van der Waals surface area contributed by atoms with Crippen LogP contribution in [0, 0.1) is 13.8 Å². The fraction of sp³-hybridized carbons (Fsp3) is 0.250. The monoisotopic (exact) mass is 234 g/mol. The molecule has 2 aromatic rings. The summed E-state index contributed by atoms with van der Waals surface area (Å²) in [5.74, 6) is 0.829. The molecule has 0 fully saturated rings. The number of aromatic nitrogens is 1. The molecule has 1 heterocycles. The summed E-state index contributed by atoms with van der Waals surface area (Å²) in [6.07, 6.45) is 0. The van der Waals surface area contributed by atoms with Gasteiger partial charge in [-0.1, -0.05) is 6.07 Å². The average Bonchev–Trinajstić information content (AvgIpc) is 2.63. The van der Waals surface area contributed by atoms with Crippen molar-refractivity contribution in [3.05, 3.63) is 28.8 Å². The minimum atomic E-state index is 0.727. The van der Waals surface area contributed by atoms with Crippen molar-refractivity contribution >= 4 is 16.3 Å². The van der Waals surface area contributed by atoms with Crippen molar-refractivity contribution in [1.29, 1.82) is 0 Å². The molecule has 0 amide bonds. The maximum atomic E-state index is 5.90. The minimum absolute atomic E-state index is 0.727. The molecule has 0 saturated carbocycles. The molecule has 0 aliphatic heterocycles. The third-order valence-electron chi connectivity index (χ3n) is 2.50. The molecule has 2 rings (SSSR count). The third kappa shape index (κ3) is 1.76. The van der Waals surface area contributed by atoms with Crippen LogP contribution in [-0.2, 0) is 0 Å². The number of ether oxygens (including phenoxy) is 1. The molecule has 2 N–H and O–H groups in total. The van der Waals surface area contributed by atoms with E-state index in [-0.39, 0.29) is 0 Å². The number of methoxy groups -OCH3 is 1. The van der Waals surface area contributed by atoms with Crippen molar-refractivity contribution in [3.8, 4) is 17.0 Å². The Kier molecular flexibility index (Phi) is 2.83. The molecule has 0 bridgehead atoms. The van der Waals surface area contributed by atoms with Gasteiger partial charge in [0, 0.05) is 5.56 Å². The predicted octanol–water partition coefficient (Wildman–Crippen LogP) is 3.02. The first kappa shape index (κ1) is 11.0. The summed E-state index contributed by atoms with van der Waals surface area (Å²) in [5, 5.41) is 0.727. The van der Waals surface area contributed by atoms with Gasteiger partial charge in [-0.2, -0.15) is 0 Å². The molecule has 1 aromatic carbocycles. The number of rotatable bonds is 2. The second-order valence-electron chi connectivity index (χ2n) is 3.72. The highest BCUT2D eigenvalue weighted by atomic mass is 32.1. The largest absolute Gasteiger partial charge is 0.496 e. The summed E-state index contributed by atoms with van der Waals surface area (Å²) >= 11 is 1.44. The van der Waals surface area contributed by atoms with Crippen molar-refractivity contribution in [2.75, 3.05) is 12.8 Å². The van der Waals surface area contributed by atoms with Crippen LogP contribution in [0.3, 0.4) is 0 Å². The fourth-order valence-electron chi connectivity index (χ4n) is 1.84. The molecule has 84 valence electrons. The van der Waals surface area contributed by atoms with E-state index in [1.54, 1.807) is 12.6 Å². The maximum Gasteiger partial charge on any atom is 0.128 e. The van der Waals surface area contributed by atoms with Crippen LogP contribution in [0.4, 0.5) is 5.00 Å². The van der Waals surface area contributed by atoms with Crippen molar-refractivity contribution in [3.63, 3.8) is 0 Å². The molecular weight excluding hydrogens is 220 g/mol. The second kappa shape index (κ2) is 4.14. The van der Waals surface area contributed by atoms with E-state index in [4.69, 9.17) is 10.5 Å². The highest BCUT2D eigenvalue weighted by molar-refractivity contribution is 7.14. The van der Waals surface area contributed by atoms with Crippen LogP contribution < -0.4 is 10.5 Å². The van der Waals surface area contributed by atoms with E-state index in [1.807, 2.05) is 19.9 Å². The van der Waals surface area contributed by atoms with Gasteiger partial charge in [0.1, 0.15) is 16.4 Å². The van der Waals surface area contributed by atoms with Crippen molar-refractivity contribution in [2.24, 2.45) is 0 Å². The topological polar surface area (TPSA) is 48.1 Å². The average molecular weight is 234 g/mol. The van der Waals surface area contributed by atoms with Gasteiger partial charge in [-0.05, 0) is 31.0 Å². The Morgan fingerprint density at radius 3 is 2.62 bits per heavy atom. The lowest BCUT2D eigenvalue weighted by molar-refractivity contribution is 0.415. The Balaban J connectivity index is 2.69. The smallest absolute Gasteiger partial charge is 0.128 e. The van der Waals surface area contributed by atoms with E-state index in [0.29, 0.717) is 0 Å². The van der Waals surface area contributed by atoms with Crippen LogP contribution in [0.25, 0.3) is 11.3 Å². The van der Waals surface area contributed by atoms with Crippen LogP contribution in [-0.4, -0.2) is 12.1 Å². The van der Waals surface area contributed by atoms with Gasteiger partial charge in [0.15, 0.2) is 0 Å². The van der Waals surface area contributed by atoms with Crippen LogP contribution in [0.15, 0.2) is 17.6 Å². The van der Waals surface area contributed by atoms with Crippen LogP contribution >= 0.6 is 11.3 Å².